The molecule has 1 amide bonds. The van der Waals surface area contributed by atoms with E-state index < -0.39 is 0 Å². The van der Waals surface area contributed by atoms with Crippen LogP contribution in [0.2, 0.25) is 0 Å². The molecule has 2 aromatic carbocycles. The molecule has 0 bridgehead atoms. The molecule has 1 N–H and O–H groups in total. The van der Waals surface area contributed by atoms with E-state index in [0.717, 1.165) is 30.2 Å². The Morgan fingerprint density at radius 3 is 1.92 bits per heavy atom. The maximum atomic E-state index is 12.0. The molecule has 5 nitrogen and oxygen atoms in total. The van der Waals surface area contributed by atoms with Crippen molar-refractivity contribution < 1.29 is 4.79 Å². The number of hydrogen-bond acceptors (Lipinski definition) is 4. The smallest absolute Gasteiger partial charge is 0.238 e. The highest BCUT2D eigenvalue weighted by molar-refractivity contribution is 5.92. The first-order valence-electron chi connectivity index (χ1n) is 8.21. The summed E-state index contributed by atoms with van der Waals surface area (Å²) in [4.78, 5) is 14.0. The van der Waals surface area contributed by atoms with Gasteiger partial charge in [0.25, 0.3) is 0 Å². The van der Waals surface area contributed by atoms with Crippen molar-refractivity contribution in [3.8, 4) is 0 Å². The Labute approximate surface area is 143 Å². The second kappa shape index (κ2) is 8.93. The van der Waals surface area contributed by atoms with Crippen LogP contribution in [0.4, 0.5) is 17.1 Å². The van der Waals surface area contributed by atoms with E-state index in [1.54, 1.807) is 0 Å². The van der Waals surface area contributed by atoms with Gasteiger partial charge in [-0.15, -0.1) is 0 Å². The quantitative estimate of drug-likeness (QED) is 0.751. The van der Waals surface area contributed by atoms with Crippen molar-refractivity contribution in [2.75, 3.05) is 25.0 Å². The van der Waals surface area contributed by atoms with Crippen molar-refractivity contribution in [2.45, 2.75) is 20.8 Å². The molecule has 0 radical (unpaired) electrons. The third-order valence-corrected chi connectivity index (χ3v) is 3.73. The molecule has 0 saturated carbocycles. The Balaban J connectivity index is 1.92. The zero-order valence-electron chi connectivity index (χ0n) is 14.5. The highest BCUT2D eigenvalue weighted by Gasteiger charge is 2.07. The number of amides is 1. The largest absolute Gasteiger partial charge is 0.325 e. The van der Waals surface area contributed by atoms with Gasteiger partial charge in [-0.05, 0) is 56.4 Å². The molecular weight excluding hydrogens is 300 g/mol. The summed E-state index contributed by atoms with van der Waals surface area (Å²) < 4.78 is 0. The van der Waals surface area contributed by atoms with Crippen molar-refractivity contribution in [3.05, 3.63) is 54.1 Å². The predicted octanol–water partition coefficient (Wildman–Crippen LogP) is 4.69. The van der Waals surface area contributed by atoms with E-state index in [1.807, 2.05) is 69.3 Å². The summed E-state index contributed by atoms with van der Waals surface area (Å²) in [7, 11) is 0. The van der Waals surface area contributed by atoms with Crippen LogP contribution < -0.4 is 5.32 Å². The first-order valence-corrected chi connectivity index (χ1v) is 8.21. The van der Waals surface area contributed by atoms with Crippen molar-refractivity contribution in [1.29, 1.82) is 0 Å². The summed E-state index contributed by atoms with van der Waals surface area (Å²) in [5, 5.41) is 11.3. The number of nitrogens with zero attached hydrogens (tertiary/aromatic N) is 3. The van der Waals surface area contributed by atoms with E-state index in [0.29, 0.717) is 6.54 Å². The summed E-state index contributed by atoms with van der Waals surface area (Å²) in [5.41, 5.74) is 3.52. The second-order valence-electron chi connectivity index (χ2n) is 5.59. The first-order chi connectivity index (χ1) is 11.6. The zero-order valence-corrected chi connectivity index (χ0v) is 14.5. The zero-order chi connectivity index (χ0) is 17.4. The van der Waals surface area contributed by atoms with Crippen molar-refractivity contribution in [1.82, 2.24) is 4.90 Å². The van der Waals surface area contributed by atoms with Crippen LogP contribution in [0.3, 0.4) is 0 Å². The van der Waals surface area contributed by atoms with Crippen molar-refractivity contribution in [3.63, 3.8) is 0 Å². The number of aryl methyl sites for hydroxylation is 1. The SMILES string of the molecule is CCN(CC)CC(=O)Nc1ccc(/N=N/c2ccc(C)cc2)cc1. The molecule has 0 aliphatic carbocycles. The lowest BCUT2D eigenvalue weighted by molar-refractivity contribution is -0.117. The molecule has 2 rings (SSSR count). The summed E-state index contributed by atoms with van der Waals surface area (Å²) in [5.74, 6) is -0.00673. The molecule has 0 fully saturated rings. The minimum absolute atomic E-state index is 0.00673. The number of azo groups is 1. The fourth-order valence-electron chi connectivity index (χ4n) is 2.19. The lowest BCUT2D eigenvalue weighted by Crippen LogP contribution is -2.32. The van der Waals surface area contributed by atoms with E-state index in [4.69, 9.17) is 0 Å². The van der Waals surface area contributed by atoms with E-state index in [-0.39, 0.29) is 5.91 Å². The molecule has 0 atom stereocenters. The number of anilines is 1. The Morgan fingerprint density at radius 1 is 0.917 bits per heavy atom. The number of carbonyl (C=O) groups excluding carboxylic acids is 1. The topological polar surface area (TPSA) is 57.1 Å². The second-order valence-corrected chi connectivity index (χ2v) is 5.59. The van der Waals surface area contributed by atoms with Gasteiger partial charge in [-0.1, -0.05) is 31.5 Å². The molecule has 0 spiro atoms. The van der Waals surface area contributed by atoms with Gasteiger partial charge in [-0.25, -0.2) is 0 Å². The lowest BCUT2D eigenvalue weighted by atomic mass is 10.2. The van der Waals surface area contributed by atoms with Gasteiger partial charge in [-0.2, -0.15) is 10.2 Å². The van der Waals surface area contributed by atoms with Gasteiger partial charge in [-0.3, -0.25) is 9.69 Å². The van der Waals surface area contributed by atoms with Gasteiger partial charge >= 0.3 is 0 Å². The van der Waals surface area contributed by atoms with E-state index >= 15 is 0 Å². The van der Waals surface area contributed by atoms with Gasteiger partial charge < -0.3 is 5.32 Å². The normalized spacial score (nSPS) is 11.2. The predicted molar refractivity (Wildman–Crippen MR) is 98.2 cm³/mol. The number of likely N-dealkylation sites (N-methyl/N-ethyl adjacent to an activating group) is 1. The van der Waals surface area contributed by atoms with Crippen molar-refractivity contribution in [2.24, 2.45) is 10.2 Å². The summed E-state index contributed by atoms with van der Waals surface area (Å²) in [6, 6.07) is 15.2. The third kappa shape index (κ3) is 5.59. The molecule has 0 saturated heterocycles. The van der Waals surface area contributed by atoms with Crippen molar-refractivity contribution >= 4 is 23.0 Å². The molecule has 5 heteroatoms. The first kappa shape index (κ1) is 17.8. The average molecular weight is 324 g/mol. The minimum atomic E-state index is -0.00673. The van der Waals surface area contributed by atoms with Gasteiger partial charge in [0.1, 0.15) is 0 Å². The Bertz CT molecular complexity index is 674. The van der Waals surface area contributed by atoms with Gasteiger partial charge in [0.05, 0.1) is 17.9 Å². The molecule has 24 heavy (non-hydrogen) atoms. The van der Waals surface area contributed by atoms with Crippen LogP contribution in [-0.2, 0) is 4.79 Å². The highest BCUT2D eigenvalue weighted by Crippen LogP contribution is 2.20. The number of nitrogens with one attached hydrogen (secondary N) is 1. The molecule has 0 aliphatic heterocycles. The molecule has 2 aromatic rings. The lowest BCUT2D eigenvalue weighted by Gasteiger charge is -2.17. The van der Waals surface area contributed by atoms with Crippen LogP contribution in [0, 0.1) is 6.92 Å². The standard InChI is InChI=1S/C19H24N4O/c1-4-23(5-2)14-19(24)20-16-10-12-18(13-11-16)22-21-17-8-6-15(3)7-9-17/h6-13H,4-5,14H2,1-3H3,(H,20,24)/b22-21+. The number of benzene rings is 2. The van der Waals surface area contributed by atoms with Crippen LogP contribution in [0.1, 0.15) is 19.4 Å². The van der Waals surface area contributed by atoms with E-state index in [1.165, 1.54) is 5.56 Å². The van der Waals surface area contributed by atoms with Crippen LogP contribution in [0.25, 0.3) is 0 Å². The molecule has 0 heterocycles. The van der Waals surface area contributed by atoms with Gasteiger partial charge in [0.15, 0.2) is 0 Å². The maximum absolute atomic E-state index is 12.0. The van der Waals surface area contributed by atoms with E-state index in [9.17, 15) is 4.79 Å². The van der Waals surface area contributed by atoms with Crippen LogP contribution in [0.15, 0.2) is 58.8 Å². The Morgan fingerprint density at radius 2 is 1.42 bits per heavy atom. The monoisotopic (exact) mass is 324 g/mol. The Kier molecular flexibility index (Phi) is 6.63. The number of hydrogen-bond donors (Lipinski definition) is 1. The Hall–Kier alpha value is -2.53. The number of rotatable bonds is 7. The molecule has 0 aliphatic rings. The fourth-order valence-corrected chi connectivity index (χ4v) is 2.19. The maximum Gasteiger partial charge on any atom is 0.238 e. The van der Waals surface area contributed by atoms with Crippen LogP contribution >= 0.6 is 0 Å². The summed E-state index contributed by atoms with van der Waals surface area (Å²) >= 11 is 0. The van der Waals surface area contributed by atoms with Gasteiger partial charge in [0.2, 0.25) is 5.91 Å². The van der Waals surface area contributed by atoms with Gasteiger partial charge in [0, 0.05) is 5.69 Å². The third-order valence-electron chi connectivity index (χ3n) is 3.73. The molecule has 126 valence electrons. The summed E-state index contributed by atoms with van der Waals surface area (Å²) in [6.45, 7) is 8.26. The van der Waals surface area contributed by atoms with Crippen LogP contribution in [0.5, 0.6) is 0 Å². The molecule has 0 unspecified atom stereocenters. The molecular formula is C19H24N4O. The molecule has 0 aromatic heterocycles. The highest BCUT2D eigenvalue weighted by atomic mass is 16.2. The minimum Gasteiger partial charge on any atom is -0.325 e. The average Bonchev–Trinajstić information content (AvgIpc) is 2.60. The van der Waals surface area contributed by atoms with Crippen LogP contribution in [-0.4, -0.2) is 30.4 Å². The fraction of sp³-hybridized carbons (Fsp3) is 0.316. The number of carbonyl (C=O) groups is 1. The van der Waals surface area contributed by atoms with E-state index in [2.05, 4.69) is 20.4 Å². The summed E-state index contributed by atoms with van der Waals surface area (Å²) in [6.07, 6.45) is 0.